The lowest BCUT2D eigenvalue weighted by Crippen LogP contribution is -2.32. The van der Waals surface area contributed by atoms with E-state index in [1.807, 2.05) is 12.1 Å². The SMILES string of the molecule is CC(C)NS(=O)(=O)Cc1ccccc1CNC(=O)CC1CCCO1. The van der Waals surface area contributed by atoms with Gasteiger partial charge in [-0.3, -0.25) is 4.79 Å². The topological polar surface area (TPSA) is 84.5 Å². The maximum Gasteiger partial charge on any atom is 0.222 e. The maximum absolute atomic E-state index is 12.1. The van der Waals surface area contributed by atoms with Crippen molar-refractivity contribution in [2.75, 3.05) is 6.61 Å². The van der Waals surface area contributed by atoms with E-state index in [0.29, 0.717) is 18.5 Å². The molecule has 134 valence electrons. The van der Waals surface area contributed by atoms with Crippen LogP contribution in [0.3, 0.4) is 0 Å². The zero-order valence-corrected chi connectivity index (χ0v) is 15.1. The standard InChI is InChI=1S/C17H26N2O4S/c1-13(2)19-24(21,22)12-15-7-4-3-6-14(15)11-18-17(20)10-16-8-5-9-23-16/h3-4,6-7,13,16,19H,5,8-12H2,1-2H3,(H,18,20). The van der Waals surface area contributed by atoms with Crippen LogP contribution < -0.4 is 10.0 Å². The number of hydrogen-bond donors (Lipinski definition) is 2. The van der Waals surface area contributed by atoms with Gasteiger partial charge in [-0.05, 0) is 37.8 Å². The molecule has 0 aromatic heterocycles. The van der Waals surface area contributed by atoms with E-state index in [2.05, 4.69) is 10.0 Å². The smallest absolute Gasteiger partial charge is 0.222 e. The number of sulfonamides is 1. The van der Waals surface area contributed by atoms with Crippen LogP contribution in [0.2, 0.25) is 0 Å². The minimum absolute atomic E-state index is 0.0101. The van der Waals surface area contributed by atoms with Gasteiger partial charge in [-0.1, -0.05) is 24.3 Å². The van der Waals surface area contributed by atoms with E-state index < -0.39 is 10.0 Å². The molecular weight excluding hydrogens is 328 g/mol. The third-order valence-corrected chi connectivity index (χ3v) is 5.31. The highest BCUT2D eigenvalue weighted by Crippen LogP contribution is 2.16. The summed E-state index contributed by atoms with van der Waals surface area (Å²) in [6, 6.07) is 7.12. The number of rotatable bonds is 8. The summed E-state index contributed by atoms with van der Waals surface area (Å²) < 4.78 is 32.3. The molecule has 0 spiro atoms. The highest BCUT2D eigenvalue weighted by atomic mass is 32.2. The molecule has 1 unspecified atom stereocenters. The molecule has 0 aliphatic carbocycles. The predicted octanol–water partition coefficient (Wildman–Crippen LogP) is 1.70. The van der Waals surface area contributed by atoms with E-state index in [4.69, 9.17) is 4.74 Å². The summed E-state index contributed by atoms with van der Waals surface area (Å²) in [6.07, 6.45) is 2.29. The van der Waals surface area contributed by atoms with Crippen LogP contribution >= 0.6 is 0 Å². The average Bonchev–Trinajstić information content (AvgIpc) is 2.97. The summed E-state index contributed by atoms with van der Waals surface area (Å²) >= 11 is 0. The average molecular weight is 354 g/mol. The molecule has 0 bridgehead atoms. The number of benzene rings is 1. The third-order valence-electron chi connectivity index (χ3n) is 3.79. The number of nitrogens with one attached hydrogen (secondary N) is 2. The first-order valence-electron chi connectivity index (χ1n) is 8.31. The Kier molecular flexibility index (Phi) is 6.77. The van der Waals surface area contributed by atoms with Gasteiger partial charge in [-0.15, -0.1) is 0 Å². The van der Waals surface area contributed by atoms with Gasteiger partial charge in [0.1, 0.15) is 0 Å². The van der Waals surface area contributed by atoms with E-state index in [1.54, 1.807) is 26.0 Å². The summed E-state index contributed by atoms with van der Waals surface area (Å²) in [7, 11) is -3.40. The van der Waals surface area contributed by atoms with Gasteiger partial charge >= 0.3 is 0 Å². The largest absolute Gasteiger partial charge is 0.378 e. The Bertz CT molecular complexity index is 652. The Morgan fingerprint density at radius 3 is 2.62 bits per heavy atom. The Balaban J connectivity index is 1.94. The van der Waals surface area contributed by atoms with Crippen LogP contribution in [0.15, 0.2) is 24.3 Å². The second kappa shape index (κ2) is 8.60. The summed E-state index contributed by atoms with van der Waals surface area (Å²) in [5.74, 6) is -0.164. The van der Waals surface area contributed by atoms with E-state index in [-0.39, 0.29) is 23.8 Å². The Morgan fingerprint density at radius 1 is 1.29 bits per heavy atom. The van der Waals surface area contributed by atoms with Gasteiger partial charge in [0, 0.05) is 19.2 Å². The van der Waals surface area contributed by atoms with Crippen molar-refractivity contribution >= 4 is 15.9 Å². The van der Waals surface area contributed by atoms with Gasteiger partial charge in [-0.25, -0.2) is 13.1 Å². The molecule has 0 saturated carbocycles. The van der Waals surface area contributed by atoms with Crippen LogP contribution in [-0.2, 0) is 31.9 Å². The first-order valence-corrected chi connectivity index (χ1v) is 9.96. The molecule has 1 fully saturated rings. The molecule has 0 radical (unpaired) electrons. The van der Waals surface area contributed by atoms with Crippen LogP contribution in [0, 0.1) is 0 Å². The summed E-state index contributed by atoms with van der Waals surface area (Å²) in [6.45, 7) is 4.62. The fourth-order valence-corrected chi connectivity index (χ4v) is 4.25. The second-order valence-corrected chi connectivity index (χ2v) is 8.17. The van der Waals surface area contributed by atoms with Gasteiger partial charge in [0.15, 0.2) is 0 Å². The fraction of sp³-hybridized carbons (Fsp3) is 0.588. The van der Waals surface area contributed by atoms with Crippen molar-refractivity contribution in [3.8, 4) is 0 Å². The Hall–Kier alpha value is -1.44. The van der Waals surface area contributed by atoms with Crippen molar-refractivity contribution in [3.63, 3.8) is 0 Å². The summed E-state index contributed by atoms with van der Waals surface area (Å²) in [4.78, 5) is 12.0. The van der Waals surface area contributed by atoms with Crippen molar-refractivity contribution in [1.82, 2.24) is 10.0 Å². The van der Waals surface area contributed by atoms with E-state index in [9.17, 15) is 13.2 Å². The zero-order chi connectivity index (χ0) is 17.6. The Morgan fingerprint density at radius 2 is 2.00 bits per heavy atom. The molecule has 7 heteroatoms. The van der Waals surface area contributed by atoms with Gasteiger partial charge < -0.3 is 10.1 Å². The molecule has 1 aliphatic heterocycles. The van der Waals surface area contributed by atoms with Crippen molar-refractivity contribution in [2.24, 2.45) is 0 Å². The zero-order valence-electron chi connectivity index (χ0n) is 14.2. The molecule has 1 atom stereocenters. The van der Waals surface area contributed by atoms with E-state index in [1.165, 1.54) is 0 Å². The molecule has 2 N–H and O–H groups in total. The lowest BCUT2D eigenvalue weighted by atomic mass is 10.1. The summed E-state index contributed by atoms with van der Waals surface area (Å²) in [5, 5.41) is 2.86. The molecule has 2 rings (SSSR count). The van der Waals surface area contributed by atoms with Gasteiger partial charge in [0.25, 0.3) is 0 Å². The number of hydrogen-bond acceptors (Lipinski definition) is 4. The normalized spacial score (nSPS) is 18.0. The molecular formula is C17H26N2O4S. The van der Waals surface area contributed by atoms with Crippen LogP contribution in [0.25, 0.3) is 0 Å². The van der Waals surface area contributed by atoms with Crippen molar-refractivity contribution in [3.05, 3.63) is 35.4 Å². The first kappa shape index (κ1) is 18.9. The minimum Gasteiger partial charge on any atom is -0.378 e. The quantitative estimate of drug-likeness (QED) is 0.744. The molecule has 24 heavy (non-hydrogen) atoms. The van der Waals surface area contributed by atoms with Crippen molar-refractivity contribution < 1.29 is 17.9 Å². The first-order chi connectivity index (χ1) is 11.4. The van der Waals surface area contributed by atoms with Gasteiger partial charge in [0.2, 0.25) is 15.9 Å². The number of carbonyl (C=O) groups excluding carboxylic acids is 1. The molecule has 1 amide bonds. The lowest BCUT2D eigenvalue weighted by molar-refractivity contribution is -0.123. The third kappa shape index (κ3) is 6.22. The molecule has 6 nitrogen and oxygen atoms in total. The van der Waals surface area contributed by atoms with E-state index in [0.717, 1.165) is 25.0 Å². The maximum atomic E-state index is 12.1. The van der Waals surface area contributed by atoms with Gasteiger partial charge in [0.05, 0.1) is 18.3 Å². The highest BCUT2D eigenvalue weighted by molar-refractivity contribution is 7.88. The Labute approximate surface area is 144 Å². The van der Waals surface area contributed by atoms with Crippen LogP contribution in [0.1, 0.15) is 44.2 Å². The number of carbonyl (C=O) groups is 1. The number of amides is 1. The lowest BCUT2D eigenvalue weighted by Gasteiger charge is -2.14. The van der Waals surface area contributed by atoms with Crippen LogP contribution in [0.5, 0.6) is 0 Å². The van der Waals surface area contributed by atoms with Crippen molar-refractivity contribution in [2.45, 2.75) is 57.6 Å². The molecule has 1 saturated heterocycles. The molecule has 1 aliphatic rings. The minimum atomic E-state index is -3.40. The predicted molar refractivity (Wildman–Crippen MR) is 92.8 cm³/mol. The second-order valence-electron chi connectivity index (χ2n) is 6.42. The summed E-state index contributed by atoms with van der Waals surface area (Å²) in [5.41, 5.74) is 1.51. The monoisotopic (exact) mass is 354 g/mol. The van der Waals surface area contributed by atoms with E-state index >= 15 is 0 Å². The van der Waals surface area contributed by atoms with Crippen LogP contribution in [-0.4, -0.2) is 33.1 Å². The van der Waals surface area contributed by atoms with Crippen LogP contribution in [0.4, 0.5) is 0 Å². The molecule has 1 aromatic rings. The molecule has 1 heterocycles. The van der Waals surface area contributed by atoms with Gasteiger partial charge in [-0.2, -0.15) is 0 Å². The van der Waals surface area contributed by atoms with Crippen molar-refractivity contribution in [1.29, 1.82) is 0 Å². The number of ether oxygens (including phenoxy) is 1. The highest BCUT2D eigenvalue weighted by Gasteiger charge is 2.19. The fourth-order valence-electron chi connectivity index (χ4n) is 2.75. The molecule has 1 aromatic carbocycles.